The van der Waals surface area contributed by atoms with E-state index in [4.69, 9.17) is 5.73 Å². The summed E-state index contributed by atoms with van der Waals surface area (Å²) < 4.78 is 8.69. The molecular formula is C3H8NO2. The molecule has 0 aliphatic rings. The molecule has 6 heavy (non-hydrogen) atoms. The van der Waals surface area contributed by atoms with Gasteiger partial charge in [-0.3, -0.25) is 0 Å². The minimum absolute atomic E-state index is 0.815. The van der Waals surface area contributed by atoms with Crippen molar-refractivity contribution >= 4 is 0 Å². The first-order chi connectivity index (χ1) is 2.81. The summed E-state index contributed by atoms with van der Waals surface area (Å²) in [5.41, 5.74) is 6.62. The van der Waals surface area contributed by atoms with Crippen molar-refractivity contribution in [3.63, 3.8) is 0 Å². The molecule has 3 nitrogen and oxygen atoms in total. The van der Waals surface area contributed by atoms with Crippen molar-refractivity contribution in [1.29, 1.82) is 0 Å². The minimum atomic E-state index is -0.815. The molecule has 0 aliphatic carbocycles. The smallest absolute Gasteiger partial charge is 0.228 e. The lowest BCUT2D eigenvalue weighted by Crippen LogP contribution is -2.12. The zero-order chi connectivity index (χ0) is 4.99. The third-order valence-electron chi connectivity index (χ3n) is 0.428. The molecule has 0 unspecified atom stereocenters. The van der Waals surface area contributed by atoms with Crippen LogP contribution in [0.3, 0.4) is 0 Å². The molecule has 0 bridgehead atoms. The molecule has 0 spiro atoms. The van der Waals surface area contributed by atoms with Crippen molar-refractivity contribution < 1.29 is 9.47 Å². The Balaban J connectivity index is 2.75. The normalized spacial score (nSPS) is 10.0. The van der Waals surface area contributed by atoms with Gasteiger partial charge in [-0.05, 0) is 0 Å². The van der Waals surface area contributed by atoms with Crippen molar-refractivity contribution in [2.45, 2.75) is 6.41 Å². The van der Waals surface area contributed by atoms with Gasteiger partial charge in [0, 0.05) is 14.2 Å². The van der Waals surface area contributed by atoms with Crippen molar-refractivity contribution in [2.24, 2.45) is 0 Å². The monoisotopic (exact) mass is 90.1 g/mol. The maximum absolute atomic E-state index is 6.62. The van der Waals surface area contributed by atoms with E-state index in [-0.39, 0.29) is 0 Å². The van der Waals surface area contributed by atoms with Crippen LogP contribution in [0.15, 0.2) is 0 Å². The van der Waals surface area contributed by atoms with Gasteiger partial charge < -0.3 is 9.47 Å². The molecule has 1 radical (unpaired) electrons. The van der Waals surface area contributed by atoms with Crippen LogP contribution in [0.2, 0.25) is 0 Å². The lowest BCUT2D eigenvalue weighted by atomic mass is 11.1. The number of methoxy groups -OCH3 is 2. The highest BCUT2D eigenvalue weighted by Crippen LogP contribution is 1.76. The summed E-state index contributed by atoms with van der Waals surface area (Å²) in [6.45, 7) is 0. The third kappa shape index (κ3) is 2.14. The molecule has 0 saturated heterocycles. The van der Waals surface area contributed by atoms with Gasteiger partial charge in [0.05, 0.1) is 0 Å². The average Bonchev–Trinajstić information content (AvgIpc) is 1.65. The molecule has 3 heteroatoms. The summed E-state index contributed by atoms with van der Waals surface area (Å²) in [6.07, 6.45) is -0.815. The van der Waals surface area contributed by atoms with E-state index in [0.29, 0.717) is 0 Å². The molecule has 0 saturated carbocycles. The van der Waals surface area contributed by atoms with Gasteiger partial charge in [0.2, 0.25) is 6.41 Å². The number of ether oxygens (including phenoxy) is 2. The maximum atomic E-state index is 6.62. The van der Waals surface area contributed by atoms with Gasteiger partial charge in [-0.2, -0.15) is 0 Å². The second kappa shape index (κ2) is 3.08. The van der Waals surface area contributed by atoms with Gasteiger partial charge in [-0.15, -0.1) is 0 Å². The van der Waals surface area contributed by atoms with E-state index in [1.807, 2.05) is 0 Å². The molecule has 0 amide bonds. The SMILES string of the molecule is COC([NH])OC. The van der Waals surface area contributed by atoms with Gasteiger partial charge in [0.1, 0.15) is 0 Å². The molecule has 1 N–H and O–H groups in total. The van der Waals surface area contributed by atoms with Crippen LogP contribution in [0.4, 0.5) is 0 Å². The highest BCUT2D eigenvalue weighted by atomic mass is 16.7. The van der Waals surface area contributed by atoms with Crippen LogP contribution in [-0.2, 0) is 9.47 Å². The van der Waals surface area contributed by atoms with Crippen molar-refractivity contribution in [3.05, 3.63) is 0 Å². The quantitative estimate of drug-likeness (QED) is 0.442. The Bertz CT molecular complexity index is 28.0. The number of hydrogen-bond donors (Lipinski definition) is 0. The van der Waals surface area contributed by atoms with E-state index >= 15 is 0 Å². The summed E-state index contributed by atoms with van der Waals surface area (Å²) in [6, 6.07) is 0. The van der Waals surface area contributed by atoms with Crippen LogP contribution in [-0.4, -0.2) is 20.6 Å². The Labute approximate surface area is 37.0 Å². The van der Waals surface area contributed by atoms with Crippen molar-refractivity contribution in [2.75, 3.05) is 14.2 Å². The summed E-state index contributed by atoms with van der Waals surface area (Å²) in [5.74, 6) is 0. The predicted octanol–water partition coefficient (Wildman–Crippen LogP) is -0.154. The van der Waals surface area contributed by atoms with E-state index < -0.39 is 6.41 Å². The Hall–Kier alpha value is -0.120. The van der Waals surface area contributed by atoms with E-state index in [9.17, 15) is 0 Å². The topological polar surface area (TPSA) is 42.3 Å². The lowest BCUT2D eigenvalue weighted by molar-refractivity contribution is -0.102. The van der Waals surface area contributed by atoms with E-state index in [1.165, 1.54) is 14.2 Å². The molecule has 0 rings (SSSR count). The molecule has 0 aliphatic heterocycles. The van der Waals surface area contributed by atoms with E-state index in [0.717, 1.165) is 0 Å². The molecular weight excluding hydrogens is 82.0 g/mol. The fourth-order valence-electron chi connectivity index (χ4n) is 0.0962. The standard InChI is InChI=1S/C3H8NO2/c1-5-3(4)6-2/h3-4H,1-2H3. The second-order valence-corrected chi connectivity index (χ2v) is 0.803. The third-order valence-corrected chi connectivity index (χ3v) is 0.428. The van der Waals surface area contributed by atoms with Crippen LogP contribution in [0.5, 0.6) is 0 Å². The molecule has 0 aromatic carbocycles. The van der Waals surface area contributed by atoms with Crippen LogP contribution in [0.25, 0.3) is 0 Å². The Morgan fingerprint density at radius 3 is 1.67 bits per heavy atom. The highest BCUT2D eigenvalue weighted by Gasteiger charge is 1.89. The summed E-state index contributed by atoms with van der Waals surface area (Å²) in [5, 5.41) is 0. The fourth-order valence-corrected chi connectivity index (χ4v) is 0.0962. The van der Waals surface area contributed by atoms with Gasteiger partial charge >= 0.3 is 0 Å². The first-order valence-corrected chi connectivity index (χ1v) is 1.58. The summed E-state index contributed by atoms with van der Waals surface area (Å²) >= 11 is 0. The summed E-state index contributed by atoms with van der Waals surface area (Å²) in [4.78, 5) is 0. The average molecular weight is 90.1 g/mol. The van der Waals surface area contributed by atoms with Gasteiger partial charge in [0.15, 0.2) is 0 Å². The largest absolute Gasteiger partial charge is 0.342 e. The minimum Gasteiger partial charge on any atom is -0.342 e. The Morgan fingerprint density at radius 1 is 1.33 bits per heavy atom. The number of nitrogens with one attached hydrogen (secondary N) is 1. The van der Waals surface area contributed by atoms with Crippen LogP contribution < -0.4 is 5.73 Å². The van der Waals surface area contributed by atoms with Gasteiger partial charge in [0.25, 0.3) is 0 Å². The lowest BCUT2D eigenvalue weighted by Gasteiger charge is -2.01. The summed E-state index contributed by atoms with van der Waals surface area (Å²) in [7, 11) is 2.84. The van der Waals surface area contributed by atoms with Crippen molar-refractivity contribution in [3.8, 4) is 0 Å². The zero-order valence-corrected chi connectivity index (χ0v) is 3.89. The van der Waals surface area contributed by atoms with Gasteiger partial charge in [-0.25, -0.2) is 5.73 Å². The highest BCUT2D eigenvalue weighted by molar-refractivity contribution is 4.11. The number of hydrogen-bond acceptors (Lipinski definition) is 2. The van der Waals surface area contributed by atoms with Crippen LogP contribution in [0.1, 0.15) is 0 Å². The van der Waals surface area contributed by atoms with Crippen molar-refractivity contribution in [1.82, 2.24) is 5.73 Å². The maximum Gasteiger partial charge on any atom is 0.228 e. The molecule has 0 fully saturated rings. The van der Waals surface area contributed by atoms with Crippen LogP contribution in [0, 0.1) is 0 Å². The second-order valence-electron chi connectivity index (χ2n) is 0.803. The molecule has 0 aromatic heterocycles. The molecule has 0 atom stereocenters. The number of rotatable bonds is 2. The zero-order valence-electron chi connectivity index (χ0n) is 3.89. The van der Waals surface area contributed by atoms with E-state index in [1.54, 1.807) is 0 Å². The Kier molecular flexibility index (Phi) is 3.02. The fraction of sp³-hybridized carbons (Fsp3) is 1.00. The van der Waals surface area contributed by atoms with Crippen LogP contribution >= 0.6 is 0 Å². The van der Waals surface area contributed by atoms with E-state index in [2.05, 4.69) is 9.47 Å². The first-order valence-electron chi connectivity index (χ1n) is 1.58. The molecule has 0 aromatic rings. The first kappa shape index (κ1) is 5.88. The van der Waals surface area contributed by atoms with Gasteiger partial charge in [-0.1, -0.05) is 0 Å². The Morgan fingerprint density at radius 2 is 1.67 bits per heavy atom. The predicted molar refractivity (Wildman–Crippen MR) is 20.9 cm³/mol. The molecule has 37 valence electrons. The molecule has 0 heterocycles.